The van der Waals surface area contributed by atoms with Crippen molar-refractivity contribution < 1.29 is 13.2 Å². The molecule has 5 aromatic rings. The summed E-state index contributed by atoms with van der Waals surface area (Å²) in [6.45, 7) is 0.637. The number of furan rings is 1. The van der Waals surface area contributed by atoms with Gasteiger partial charge in [-0.25, -0.2) is 18.7 Å². The zero-order valence-corrected chi connectivity index (χ0v) is 20.7. The van der Waals surface area contributed by atoms with Gasteiger partial charge in [-0.05, 0) is 41.5 Å². The number of halogens is 2. The van der Waals surface area contributed by atoms with Crippen LogP contribution < -0.4 is 10.6 Å². The maximum absolute atomic E-state index is 13.7. The Labute approximate surface area is 221 Å². The molecule has 194 valence electrons. The van der Waals surface area contributed by atoms with E-state index < -0.39 is 5.92 Å². The molecule has 2 fully saturated rings. The minimum Gasteiger partial charge on any atom is -0.472 e. The van der Waals surface area contributed by atoms with E-state index in [0.717, 1.165) is 61.7 Å². The van der Waals surface area contributed by atoms with Crippen LogP contribution in [0.1, 0.15) is 23.4 Å². The van der Waals surface area contributed by atoms with Crippen LogP contribution in [-0.2, 0) is 6.54 Å². The van der Waals surface area contributed by atoms with Crippen LogP contribution in [0.25, 0.3) is 39.0 Å². The summed E-state index contributed by atoms with van der Waals surface area (Å²) < 4.78 is 32.7. The minimum atomic E-state index is -2.61. The fraction of sp³-hybridized carbons (Fsp3) is 0.207. The van der Waals surface area contributed by atoms with E-state index in [9.17, 15) is 8.78 Å². The molecule has 0 amide bonds. The van der Waals surface area contributed by atoms with Gasteiger partial charge in [0.25, 0.3) is 5.92 Å². The minimum absolute atomic E-state index is 0.0662. The van der Waals surface area contributed by atoms with Gasteiger partial charge in [0.1, 0.15) is 12.0 Å². The first-order chi connectivity index (χ1) is 19.0. The summed E-state index contributed by atoms with van der Waals surface area (Å²) in [7, 11) is 0. The number of H-pyrrole nitrogens is 1. The third-order valence-electron chi connectivity index (χ3n) is 7.61. The van der Waals surface area contributed by atoms with E-state index in [1.54, 1.807) is 29.8 Å². The molecule has 3 N–H and O–H groups in total. The third-order valence-corrected chi connectivity index (χ3v) is 7.61. The quantitative estimate of drug-likeness (QED) is 0.271. The zero-order valence-electron chi connectivity index (χ0n) is 20.7. The average Bonchev–Trinajstić information content (AvgIpc) is 3.27. The van der Waals surface area contributed by atoms with Crippen molar-refractivity contribution in [3.8, 4) is 22.3 Å². The molecule has 3 aliphatic rings. The van der Waals surface area contributed by atoms with E-state index >= 15 is 0 Å². The number of rotatable bonds is 5. The lowest BCUT2D eigenvalue weighted by atomic mass is 9.95. The highest BCUT2D eigenvalue weighted by atomic mass is 19.3. The van der Waals surface area contributed by atoms with Crippen LogP contribution in [-0.4, -0.2) is 50.0 Å². The Morgan fingerprint density at radius 2 is 1.97 bits per heavy atom. The molecule has 0 bridgehead atoms. The molecule has 4 aromatic heterocycles. The lowest BCUT2D eigenvalue weighted by molar-refractivity contribution is 0.0115. The number of likely N-dealkylation sites (tertiary alicyclic amines) is 1. The van der Waals surface area contributed by atoms with Crippen LogP contribution in [0.2, 0.25) is 0 Å². The molecule has 0 radical (unpaired) electrons. The molecule has 8 rings (SSSR count). The van der Waals surface area contributed by atoms with Crippen molar-refractivity contribution in [2.75, 3.05) is 18.4 Å². The van der Waals surface area contributed by atoms with Gasteiger partial charge in [-0.15, -0.1) is 0 Å². The second kappa shape index (κ2) is 8.21. The van der Waals surface area contributed by atoms with Crippen LogP contribution in [0.4, 0.5) is 14.5 Å². The fourth-order valence-corrected chi connectivity index (χ4v) is 5.67. The largest absolute Gasteiger partial charge is 0.472 e. The Bertz CT molecular complexity index is 1780. The highest BCUT2D eigenvalue weighted by Crippen LogP contribution is 2.43. The van der Waals surface area contributed by atoms with Crippen molar-refractivity contribution in [2.24, 2.45) is 0 Å². The van der Waals surface area contributed by atoms with E-state index in [1.807, 2.05) is 24.4 Å². The molecule has 39 heavy (non-hydrogen) atoms. The van der Waals surface area contributed by atoms with E-state index in [4.69, 9.17) is 9.40 Å². The number of nitrogens with zero attached hydrogens (tertiary/aromatic N) is 4. The van der Waals surface area contributed by atoms with Crippen molar-refractivity contribution in [3.05, 3.63) is 90.2 Å². The Morgan fingerprint density at radius 1 is 1.03 bits per heavy atom. The van der Waals surface area contributed by atoms with Crippen LogP contribution in [0.15, 0.2) is 77.6 Å². The molecule has 0 saturated carbocycles. The summed E-state index contributed by atoms with van der Waals surface area (Å²) in [5, 5.41) is 6.94. The summed E-state index contributed by atoms with van der Waals surface area (Å²) in [4.78, 5) is 19.1. The molecular formula is C29H23F2N7O. The number of alkyl halides is 2. The van der Waals surface area contributed by atoms with Gasteiger partial charge in [0.2, 0.25) is 0 Å². The molecule has 0 aliphatic carbocycles. The first kappa shape index (κ1) is 22.4. The molecule has 3 aliphatic heterocycles. The van der Waals surface area contributed by atoms with Crippen LogP contribution >= 0.6 is 0 Å². The monoisotopic (exact) mass is 523 g/mol. The number of benzene rings is 1. The number of anilines is 1. The second-order valence-corrected chi connectivity index (χ2v) is 10.3. The summed E-state index contributed by atoms with van der Waals surface area (Å²) in [6.07, 6.45) is 8.65. The molecule has 10 heteroatoms. The second-order valence-electron chi connectivity index (χ2n) is 10.3. The van der Waals surface area contributed by atoms with Crippen LogP contribution in [0, 0.1) is 0 Å². The molecule has 1 aromatic carbocycles. The predicted molar refractivity (Wildman–Crippen MR) is 143 cm³/mol. The SMILES string of the molecule is FC1(F)CCN(Cc2cncc(-c3ccc4c(c3)C(c3nc5nccc(-c6ccoc6)c5[nH]3)=C3NC3N4)c2)C1. The normalized spacial score (nSPS) is 19.5. The van der Waals surface area contributed by atoms with E-state index in [0.29, 0.717) is 18.7 Å². The number of aromatic nitrogens is 4. The number of fused-ring (bicyclic) bond motifs is 3. The number of hydrogen-bond donors (Lipinski definition) is 3. The highest BCUT2D eigenvalue weighted by Gasteiger charge is 2.40. The maximum atomic E-state index is 13.7. The predicted octanol–water partition coefficient (Wildman–Crippen LogP) is 5.24. The molecule has 1 atom stereocenters. The average molecular weight is 524 g/mol. The number of pyridine rings is 2. The summed E-state index contributed by atoms with van der Waals surface area (Å²) in [6, 6.07) is 12.1. The Hall–Kier alpha value is -4.57. The molecule has 2 saturated heterocycles. The maximum Gasteiger partial charge on any atom is 0.261 e. The Kier molecular flexibility index (Phi) is 4.72. The highest BCUT2D eigenvalue weighted by molar-refractivity contribution is 5.97. The smallest absolute Gasteiger partial charge is 0.261 e. The molecule has 7 heterocycles. The van der Waals surface area contributed by atoms with E-state index in [2.05, 4.69) is 43.8 Å². The van der Waals surface area contributed by atoms with Crippen LogP contribution in [0.5, 0.6) is 0 Å². The lowest BCUT2D eigenvalue weighted by Gasteiger charge is -2.18. The van der Waals surface area contributed by atoms with Crippen molar-refractivity contribution in [3.63, 3.8) is 0 Å². The van der Waals surface area contributed by atoms with Gasteiger partial charge in [0, 0.05) is 71.6 Å². The van der Waals surface area contributed by atoms with Gasteiger partial charge in [-0.3, -0.25) is 9.88 Å². The van der Waals surface area contributed by atoms with Gasteiger partial charge < -0.3 is 20.0 Å². The van der Waals surface area contributed by atoms with Crippen molar-refractivity contribution >= 4 is 22.4 Å². The summed E-state index contributed by atoms with van der Waals surface area (Å²) in [5.74, 6) is -1.87. The van der Waals surface area contributed by atoms with Crippen molar-refractivity contribution in [2.45, 2.75) is 25.1 Å². The summed E-state index contributed by atoms with van der Waals surface area (Å²) >= 11 is 0. The van der Waals surface area contributed by atoms with E-state index in [-0.39, 0.29) is 19.1 Å². The molecular weight excluding hydrogens is 500 g/mol. The van der Waals surface area contributed by atoms with Crippen molar-refractivity contribution in [1.82, 2.24) is 30.2 Å². The molecule has 8 nitrogen and oxygen atoms in total. The fourth-order valence-electron chi connectivity index (χ4n) is 5.67. The number of aromatic amines is 1. The first-order valence-electron chi connectivity index (χ1n) is 12.8. The van der Waals surface area contributed by atoms with Gasteiger partial charge in [-0.2, -0.15) is 0 Å². The lowest BCUT2D eigenvalue weighted by Crippen LogP contribution is -2.24. The topological polar surface area (TPSA) is 105 Å². The van der Waals surface area contributed by atoms with Gasteiger partial charge in [0.15, 0.2) is 5.65 Å². The van der Waals surface area contributed by atoms with Crippen molar-refractivity contribution in [1.29, 1.82) is 0 Å². The number of imidazole rings is 1. The first-order valence-corrected chi connectivity index (χ1v) is 12.8. The van der Waals surface area contributed by atoms with Gasteiger partial charge in [0.05, 0.1) is 30.3 Å². The number of hydrogen-bond acceptors (Lipinski definition) is 7. The Morgan fingerprint density at radius 3 is 2.82 bits per heavy atom. The molecule has 0 spiro atoms. The van der Waals surface area contributed by atoms with Gasteiger partial charge in [-0.1, -0.05) is 6.07 Å². The zero-order chi connectivity index (χ0) is 26.1. The standard InChI is InChI=1S/C29H23F2N7O/c30-29(31)5-7-38(15-29)13-16-9-19(12-32-11-16)17-1-2-22-21(10-17)23(25-28(34-22)36-25)26-35-24-20(18-4-8-39-14-18)3-6-33-27(24)37-26/h1-4,6,8-12,14,28,34,36H,5,7,13,15H2,(H,33,35,37). The summed E-state index contributed by atoms with van der Waals surface area (Å²) in [5.41, 5.74) is 10.3. The third kappa shape index (κ3) is 3.87. The van der Waals surface area contributed by atoms with E-state index in [1.165, 1.54) is 0 Å². The van der Waals surface area contributed by atoms with Crippen LogP contribution in [0.3, 0.4) is 0 Å². The molecule has 1 unspecified atom stereocenters. The Balaban J connectivity index is 1.17. The number of nitrogens with one attached hydrogen (secondary N) is 3. The van der Waals surface area contributed by atoms with Gasteiger partial charge >= 0.3 is 0 Å².